The van der Waals surface area contributed by atoms with E-state index in [1.54, 1.807) is 18.2 Å². The Labute approximate surface area is 126 Å². The van der Waals surface area contributed by atoms with Crippen LogP contribution in [0.25, 0.3) is 0 Å². The summed E-state index contributed by atoms with van der Waals surface area (Å²) >= 11 is 0. The van der Waals surface area contributed by atoms with Gasteiger partial charge in [-0.15, -0.1) is 0 Å². The summed E-state index contributed by atoms with van der Waals surface area (Å²) in [7, 11) is 0. The molecule has 0 aliphatic carbocycles. The van der Waals surface area contributed by atoms with Gasteiger partial charge < -0.3 is 10.2 Å². The van der Waals surface area contributed by atoms with Gasteiger partial charge >= 0.3 is 6.03 Å². The van der Waals surface area contributed by atoms with Crippen molar-refractivity contribution in [3.8, 4) is 6.07 Å². The van der Waals surface area contributed by atoms with Crippen molar-refractivity contribution in [1.82, 2.24) is 4.90 Å². The largest absolute Gasteiger partial charge is 0.325 e. The van der Waals surface area contributed by atoms with E-state index < -0.39 is 0 Å². The van der Waals surface area contributed by atoms with Crippen LogP contribution in [0.1, 0.15) is 44.6 Å². The molecule has 0 saturated carbocycles. The number of anilines is 1. The highest BCUT2D eigenvalue weighted by molar-refractivity contribution is 5.90. The second-order valence-electron chi connectivity index (χ2n) is 5.66. The fourth-order valence-corrected chi connectivity index (χ4v) is 2.95. The van der Waals surface area contributed by atoms with Crippen LogP contribution in [0, 0.1) is 17.2 Å². The van der Waals surface area contributed by atoms with Gasteiger partial charge in [-0.25, -0.2) is 4.79 Å². The number of likely N-dealkylation sites (tertiary alicyclic amines) is 1. The van der Waals surface area contributed by atoms with Crippen molar-refractivity contribution >= 4 is 11.7 Å². The summed E-state index contributed by atoms with van der Waals surface area (Å²) in [4.78, 5) is 14.2. The maximum Gasteiger partial charge on any atom is 0.321 e. The van der Waals surface area contributed by atoms with Gasteiger partial charge in [0.2, 0.25) is 0 Å². The van der Waals surface area contributed by atoms with E-state index in [2.05, 4.69) is 18.3 Å². The number of hydrogen-bond donors (Lipinski definition) is 1. The summed E-state index contributed by atoms with van der Waals surface area (Å²) < 4.78 is 0. The molecular weight excluding hydrogens is 262 g/mol. The minimum absolute atomic E-state index is 0.0881. The maximum atomic E-state index is 12.4. The first kappa shape index (κ1) is 15.4. The lowest BCUT2D eigenvalue weighted by molar-refractivity contribution is 0.213. The van der Waals surface area contributed by atoms with Crippen molar-refractivity contribution in [1.29, 1.82) is 5.26 Å². The first-order valence-electron chi connectivity index (χ1n) is 7.79. The minimum Gasteiger partial charge on any atom is -0.325 e. The lowest BCUT2D eigenvalue weighted by Gasteiger charge is -2.21. The number of nitrogens with one attached hydrogen (secondary N) is 1. The zero-order chi connectivity index (χ0) is 15.1. The Hall–Kier alpha value is -2.02. The molecule has 0 spiro atoms. The Morgan fingerprint density at radius 3 is 2.95 bits per heavy atom. The first-order chi connectivity index (χ1) is 10.2. The molecule has 2 amide bonds. The van der Waals surface area contributed by atoms with Crippen LogP contribution in [0.3, 0.4) is 0 Å². The molecule has 1 heterocycles. The first-order valence-corrected chi connectivity index (χ1v) is 7.79. The molecule has 1 saturated heterocycles. The van der Waals surface area contributed by atoms with E-state index in [-0.39, 0.29) is 6.03 Å². The van der Waals surface area contributed by atoms with Crippen LogP contribution < -0.4 is 5.32 Å². The number of hydrogen-bond acceptors (Lipinski definition) is 2. The second-order valence-corrected chi connectivity index (χ2v) is 5.66. The number of carbonyl (C=O) groups is 1. The SMILES string of the molecule is CCCC1CCCN(C(=O)Nc2ccccc2C#N)CC1. The zero-order valence-corrected chi connectivity index (χ0v) is 12.6. The molecule has 4 nitrogen and oxygen atoms in total. The topological polar surface area (TPSA) is 56.1 Å². The van der Waals surface area contributed by atoms with Gasteiger partial charge in [0.05, 0.1) is 11.3 Å². The van der Waals surface area contributed by atoms with E-state index in [9.17, 15) is 4.79 Å². The summed E-state index contributed by atoms with van der Waals surface area (Å²) in [5.41, 5.74) is 1.10. The Balaban J connectivity index is 1.96. The number of rotatable bonds is 3. The van der Waals surface area contributed by atoms with Gasteiger partial charge in [-0.3, -0.25) is 0 Å². The number of benzene rings is 1. The molecule has 1 aromatic carbocycles. The number of amides is 2. The van der Waals surface area contributed by atoms with Crippen LogP contribution in [0.2, 0.25) is 0 Å². The van der Waals surface area contributed by atoms with Crippen molar-refractivity contribution in [2.45, 2.75) is 39.0 Å². The Bertz CT molecular complexity index is 521. The highest BCUT2D eigenvalue weighted by Crippen LogP contribution is 2.22. The molecule has 1 aliphatic rings. The van der Waals surface area contributed by atoms with E-state index in [4.69, 9.17) is 5.26 Å². The number of nitrogens with zero attached hydrogens (tertiary/aromatic N) is 2. The Morgan fingerprint density at radius 2 is 2.19 bits per heavy atom. The molecular formula is C17H23N3O. The fourth-order valence-electron chi connectivity index (χ4n) is 2.95. The monoisotopic (exact) mass is 285 g/mol. The fraction of sp³-hybridized carbons (Fsp3) is 0.529. The van der Waals surface area contributed by atoms with E-state index in [0.29, 0.717) is 11.3 Å². The predicted molar refractivity (Wildman–Crippen MR) is 84.0 cm³/mol. The number of nitriles is 1. The lowest BCUT2D eigenvalue weighted by atomic mass is 9.96. The highest BCUT2D eigenvalue weighted by Gasteiger charge is 2.20. The summed E-state index contributed by atoms with van der Waals surface area (Å²) in [5, 5.41) is 11.9. The molecule has 1 unspecified atom stereocenters. The third-order valence-corrected chi connectivity index (χ3v) is 4.12. The molecule has 112 valence electrons. The van der Waals surface area contributed by atoms with Crippen LogP contribution in [-0.2, 0) is 0 Å². The minimum atomic E-state index is -0.0881. The smallest absolute Gasteiger partial charge is 0.321 e. The average Bonchev–Trinajstić information content (AvgIpc) is 2.74. The normalized spacial score (nSPS) is 18.7. The van der Waals surface area contributed by atoms with Crippen molar-refractivity contribution in [3.05, 3.63) is 29.8 Å². The molecule has 1 N–H and O–H groups in total. The number of para-hydroxylation sites is 1. The second kappa shape index (κ2) is 7.68. The molecule has 1 fully saturated rings. The van der Waals surface area contributed by atoms with Gasteiger partial charge in [-0.1, -0.05) is 31.9 Å². The standard InChI is InChI=1S/C17H23N3O/c1-2-6-14-7-5-11-20(12-10-14)17(21)19-16-9-4-3-8-15(16)13-18/h3-4,8-9,14H,2,5-7,10-12H2,1H3,(H,19,21). The molecule has 4 heteroatoms. The molecule has 21 heavy (non-hydrogen) atoms. The molecule has 0 bridgehead atoms. The molecule has 2 rings (SSSR count). The van der Waals surface area contributed by atoms with Crippen molar-refractivity contribution in [3.63, 3.8) is 0 Å². The van der Waals surface area contributed by atoms with Crippen molar-refractivity contribution in [2.75, 3.05) is 18.4 Å². The molecule has 0 radical (unpaired) electrons. The van der Waals surface area contributed by atoms with Gasteiger partial charge in [0.1, 0.15) is 6.07 Å². The van der Waals surface area contributed by atoms with E-state index in [1.165, 1.54) is 19.3 Å². The van der Waals surface area contributed by atoms with Gasteiger partial charge in [0, 0.05) is 13.1 Å². The molecule has 1 aromatic rings. The van der Waals surface area contributed by atoms with E-state index in [0.717, 1.165) is 31.8 Å². The third-order valence-electron chi connectivity index (χ3n) is 4.12. The maximum absolute atomic E-state index is 12.4. The summed E-state index contributed by atoms with van der Waals surface area (Å²) in [6.45, 7) is 3.83. The Morgan fingerprint density at radius 1 is 1.38 bits per heavy atom. The summed E-state index contributed by atoms with van der Waals surface area (Å²) in [6.07, 6.45) is 5.84. The third kappa shape index (κ3) is 4.22. The predicted octanol–water partition coefficient (Wildman–Crippen LogP) is 3.99. The summed E-state index contributed by atoms with van der Waals surface area (Å²) in [5.74, 6) is 0.749. The Kier molecular flexibility index (Phi) is 5.62. The average molecular weight is 285 g/mol. The van der Waals surface area contributed by atoms with Gasteiger partial charge in [0.25, 0.3) is 0 Å². The molecule has 0 aromatic heterocycles. The summed E-state index contributed by atoms with van der Waals surface area (Å²) in [6, 6.07) is 9.14. The van der Waals surface area contributed by atoms with Crippen LogP contribution >= 0.6 is 0 Å². The van der Waals surface area contributed by atoms with Crippen LogP contribution in [0.4, 0.5) is 10.5 Å². The van der Waals surface area contributed by atoms with Gasteiger partial charge in [-0.2, -0.15) is 5.26 Å². The zero-order valence-electron chi connectivity index (χ0n) is 12.6. The molecule has 1 aliphatic heterocycles. The number of urea groups is 1. The van der Waals surface area contributed by atoms with Gasteiger partial charge in [-0.05, 0) is 37.3 Å². The van der Waals surface area contributed by atoms with E-state index >= 15 is 0 Å². The van der Waals surface area contributed by atoms with E-state index in [1.807, 2.05) is 11.0 Å². The van der Waals surface area contributed by atoms with Crippen molar-refractivity contribution < 1.29 is 4.79 Å². The molecule has 1 atom stereocenters. The van der Waals surface area contributed by atoms with Crippen LogP contribution in [0.5, 0.6) is 0 Å². The highest BCUT2D eigenvalue weighted by atomic mass is 16.2. The van der Waals surface area contributed by atoms with Crippen molar-refractivity contribution in [2.24, 2.45) is 5.92 Å². The van der Waals surface area contributed by atoms with Crippen LogP contribution in [0.15, 0.2) is 24.3 Å². The quantitative estimate of drug-likeness (QED) is 0.912. The number of carbonyl (C=O) groups excluding carboxylic acids is 1. The lowest BCUT2D eigenvalue weighted by Crippen LogP contribution is -2.35. The van der Waals surface area contributed by atoms with Crippen LogP contribution in [-0.4, -0.2) is 24.0 Å². The van der Waals surface area contributed by atoms with Gasteiger partial charge in [0.15, 0.2) is 0 Å².